The van der Waals surface area contributed by atoms with Crippen molar-refractivity contribution in [3.05, 3.63) is 64.1 Å². The van der Waals surface area contributed by atoms with E-state index in [1.807, 2.05) is 46.2 Å². The summed E-state index contributed by atoms with van der Waals surface area (Å²) < 4.78 is 3.30. The Labute approximate surface area is 226 Å². The summed E-state index contributed by atoms with van der Waals surface area (Å²) in [5, 5.41) is 0. The van der Waals surface area contributed by atoms with Gasteiger partial charge in [0.05, 0.1) is 11.0 Å². The molecule has 0 radical (unpaired) electrons. The average molecular weight is 519 g/mol. The predicted molar refractivity (Wildman–Crippen MR) is 153 cm³/mol. The molecule has 2 amide bonds. The van der Waals surface area contributed by atoms with Crippen molar-refractivity contribution in [3.8, 4) is 0 Å². The topological polar surface area (TPSA) is 67.6 Å². The maximum atomic E-state index is 13.5. The molecule has 4 rings (SSSR count). The minimum Gasteiger partial charge on any atom is -0.338 e. The lowest BCUT2D eigenvalue weighted by Crippen LogP contribution is -2.36. The molecular weight excluding hydrogens is 476 g/mol. The molecular formula is C31H42N4O3. The van der Waals surface area contributed by atoms with E-state index in [0.29, 0.717) is 31.7 Å². The number of aromatic nitrogens is 2. The molecule has 0 bridgehead atoms. The zero-order valence-electron chi connectivity index (χ0n) is 23.4. The Morgan fingerprint density at radius 3 is 2.29 bits per heavy atom. The number of rotatable bonds is 5. The van der Waals surface area contributed by atoms with Crippen LogP contribution in [0.5, 0.6) is 0 Å². The molecule has 0 atom stereocenters. The fourth-order valence-electron chi connectivity index (χ4n) is 5.46. The van der Waals surface area contributed by atoms with E-state index in [9.17, 15) is 14.4 Å². The molecule has 7 heteroatoms. The number of aryl methyl sites for hydroxylation is 3. The van der Waals surface area contributed by atoms with Crippen LogP contribution in [0.25, 0.3) is 11.0 Å². The monoisotopic (exact) mass is 518 g/mol. The van der Waals surface area contributed by atoms with Gasteiger partial charge in [0, 0.05) is 52.3 Å². The van der Waals surface area contributed by atoms with E-state index >= 15 is 0 Å². The molecule has 204 valence electrons. The quantitative estimate of drug-likeness (QED) is 0.467. The number of anilines is 1. The van der Waals surface area contributed by atoms with Gasteiger partial charge in [-0.3, -0.25) is 18.7 Å². The fraction of sp³-hybridized carbons (Fsp3) is 0.516. The summed E-state index contributed by atoms with van der Waals surface area (Å²) in [6.07, 6.45) is 6.83. The highest BCUT2D eigenvalue weighted by molar-refractivity contribution is 5.94. The molecule has 0 fully saturated rings. The van der Waals surface area contributed by atoms with E-state index in [1.54, 1.807) is 23.2 Å². The number of carbonyl (C=O) groups excluding carboxylic acids is 2. The lowest BCUT2D eigenvalue weighted by atomic mass is 10.0. The summed E-state index contributed by atoms with van der Waals surface area (Å²) in [4.78, 5) is 43.0. The first kappa shape index (κ1) is 27.7. The largest absolute Gasteiger partial charge is 0.338 e. The van der Waals surface area contributed by atoms with Gasteiger partial charge in [-0.25, -0.2) is 4.79 Å². The van der Waals surface area contributed by atoms with Gasteiger partial charge >= 0.3 is 5.69 Å². The van der Waals surface area contributed by atoms with Gasteiger partial charge in [0.25, 0.3) is 0 Å². The molecule has 7 nitrogen and oxygen atoms in total. The zero-order valence-corrected chi connectivity index (χ0v) is 23.4. The number of para-hydroxylation sites is 1. The van der Waals surface area contributed by atoms with E-state index in [-0.39, 0.29) is 17.5 Å². The second-order valence-electron chi connectivity index (χ2n) is 11.1. The predicted octanol–water partition coefficient (Wildman–Crippen LogP) is 5.18. The first-order valence-corrected chi connectivity index (χ1v) is 14.1. The van der Waals surface area contributed by atoms with Crippen LogP contribution in [0.1, 0.15) is 69.9 Å². The summed E-state index contributed by atoms with van der Waals surface area (Å²) in [5.41, 5.74) is 4.74. The summed E-state index contributed by atoms with van der Waals surface area (Å²) in [6, 6.07) is 14.1. The summed E-state index contributed by atoms with van der Waals surface area (Å²) in [5.74, 6) is 0.582. The molecule has 2 heterocycles. The van der Waals surface area contributed by atoms with Gasteiger partial charge in [0.15, 0.2) is 0 Å². The highest BCUT2D eigenvalue weighted by Gasteiger charge is 2.22. The number of amides is 2. The Morgan fingerprint density at radius 2 is 1.53 bits per heavy atom. The van der Waals surface area contributed by atoms with Crippen LogP contribution < -0.4 is 10.6 Å². The number of hydrogen-bond acceptors (Lipinski definition) is 3. The van der Waals surface area contributed by atoms with Gasteiger partial charge in [-0.1, -0.05) is 57.4 Å². The summed E-state index contributed by atoms with van der Waals surface area (Å²) in [6.45, 7) is 6.11. The van der Waals surface area contributed by atoms with E-state index in [0.717, 1.165) is 73.0 Å². The van der Waals surface area contributed by atoms with Gasteiger partial charge in [-0.15, -0.1) is 0 Å². The molecule has 1 aliphatic heterocycles. The smallest absolute Gasteiger partial charge is 0.328 e. The number of carbonyl (C=O) groups is 2. The van der Waals surface area contributed by atoms with Gasteiger partial charge < -0.3 is 9.80 Å². The molecule has 0 unspecified atom stereocenters. The third kappa shape index (κ3) is 6.37. The normalized spacial score (nSPS) is 15.3. The van der Waals surface area contributed by atoms with Crippen molar-refractivity contribution < 1.29 is 9.59 Å². The second kappa shape index (κ2) is 12.5. The van der Waals surface area contributed by atoms with Crippen molar-refractivity contribution in [2.45, 2.75) is 71.8 Å². The molecule has 3 aromatic rings. The molecule has 1 aromatic heterocycles. The van der Waals surface area contributed by atoms with Gasteiger partial charge in [-0.2, -0.15) is 0 Å². The molecule has 0 saturated carbocycles. The Hall–Kier alpha value is -3.35. The lowest BCUT2D eigenvalue weighted by molar-refractivity contribution is -0.131. The summed E-state index contributed by atoms with van der Waals surface area (Å²) in [7, 11) is 3.56. The minimum absolute atomic E-state index is 0.0489. The fourth-order valence-corrected chi connectivity index (χ4v) is 5.46. The Morgan fingerprint density at radius 1 is 0.842 bits per heavy atom. The molecule has 38 heavy (non-hydrogen) atoms. The molecule has 0 saturated heterocycles. The number of benzene rings is 2. The van der Waals surface area contributed by atoms with Crippen LogP contribution >= 0.6 is 0 Å². The van der Waals surface area contributed by atoms with Crippen molar-refractivity contribution in [2.24, 2.45) is 20.0 Å². The van der Waals surface area contributed by atoms with Crippen LogP contribution in [0.4, 0.5) is 5.69 Å². The van der Waals surface area contributed by atoms with E-state index < -0.39 is 0 Å². The highest BCUT2D eigenvalue weighted by Crippen LogP contribution is 2.26. The third-order valence-electron chi connectivity index (χ3n) is 7.65. The maximum Gasteiger partial charge on any atom is 0.328 e. The van der Waals surface area contributed by atoms with Crippen LogP contribution in [0.3, 0.4) is 0 Å². The second-order valence-corrected chi connectivity index (χ2v) is 11.1. The lowest BCUT2D eigenvalue weighted by Gasteiger charge is -2.30. The number of imidazole rings is 1. The molecule has 0 N–H and O–H groups in total. The van der Waals surface area contributed by atoms with Crippen LogP contribution in [0.2, 0.25) is 0 Å². The van der Waals surface area contributed by atoms with Crippen molar-refractivity contribution >= 4 is 28.5 Å². The SMILES string of the molecule is CC(C)CC(=O)N1CCCCCCCN(C(=O)CCc2ccc3c(c2)n(C)c(=O)n3C)Cc2ccccc21. The number of fused-ring (bicyclic) bond motifs is 2. The highest BCUT2D eigenvalue weighted by atomic mass is 16.2. The Kier molecular flexibility index (Phi) is 9.08. The van der Waals surface area contributed by atoms with Gasteiger partial charge in [-0.05, 0) is 54.5 Å². The van der Waals surface area contributed by atoms with Gasteiger partial charge in [0.2, 0.25) is 11.8 Å². The van der Waals surface area contributed by atoms with Gasteiger partial charge in [0.1, 0.15) is 0 Å². The van der Waals surface area contributed by atoms with Crippen molar-refractivity contribution in [2.75, 3.05) is 18.0 Å². The first-order valence-electron chi connectivity index (χ1n) is 14.1. The van der Waals surface area contributed by atoms with Crippen molar-refractivity contribution in [1.82, 2.24) is 14.0 Å². The van der Waals surface area contributed by atoms with E-state index in [4.69, 9.17) is 0 Å². The van der Waals surface area contributed by atoms with Crippen molar-refractivity contribution in [3.63, 3.8) is 0 Å². The number of hydrogen-bond donors (Lipinski definition) is 0. The molecule has 2 aromatic carbocycles. The third-order valence-corrected chi connectivity index (χ3v) is 7.65. The Bertz CT molecular complexity index is 1340. The maximum absolute atomic E-state index is 13.5. The van der Waals surface area contributed by atoms with Crippen LogP contribution in [0.15, 0.2) is 47.3 Å². The molecule has 0 spiro atoms. The Balaban J connectivity index is 1.54. The number of nitrogens with zero attached hydrogens (tertiary/aromatic N) is 4. The zero-order chi connectivity index (χ0) is 27.2. The van der Waals surface area contributed by atoms with Crippen LogP contribution in [-0.2, 0) is 36.6 Å². The van der Waals surface area contributed by atoms with E-state index in [2.05, 4.69) is 19.9 Å². The van der Waals surface area contributed by atoms with E-state index in [1.165, 1.54) is 0 Å². The standard InChI is InChI=1S/C31H42N4O3/c1-23(2)20-30(37)35-19-11-7-5-6-10-18-34(22-25-12-8-9-13-26(25)35)29(36)17-15-24-14-16-27-28(21-24)33(4)31(38)32(27)3/h8-9,12-14,16,21,23H,5-7,10-11,15,17-20,22H2,1-4H3. The minimum atomic E-state index is -0.0489. The van der Waals surface area contributed by atoms with Crippen molar-refractivity contribution in [1.29, 1.82) is 0 Å². The first-order chi connectivity index (χ1) is 18.3. The van der Waals surface area contributed by atoms with Crippen LogP contribution in [0, 0.1) is 5.92 Å². The summed E-state index contributed by atoms with van der Waals surface area (Å²) >= 11 is 0. The average Bonchev–Trinajstić information content (AvgIpc) is 3.10. The van der Waals surface area contributed by atoms with Crippen LogP contribution in [-0.4, -0.2) is 38.9 Å². The molecule has 0 aliphatic carbocycles. The molecule has 1 aliphatic rings.